The highest BCUT2D eigenvalue weighted by molar-refractivity contribution is 6.31. The molecule has 1 aliphatic carbocycles. The molecule has 1 saturated heterocycles. The SMILES string of the molecule is Cc1ccc(C(=O)N(CCC2=CCCCC2)C2CC(=O)N(c3ccc(Cl)cc3)C2=O)cc1. The van der Waals surface area contributed by atoms with Crippen LogP contribution in [0.15, 0.2) is 60.2 Å². The van der Waals surface area contributed by atoms with Crippen LogP contribution in [0.4, 0.5) is 5.69 Å². The maximum atomic E-state index is 13.5. The standard InChI is InChI=1S/C26H27ClN2O3/c1-18-7-9-20(10-8-18)25(31)28(16-15-19-5-3-2-4-6-19)23-17-24(30)29(26(23)32)22-13-11-21(27)12-14-22/h5,7-14,23H,2-4,6,15-17H2,1H3. The number of hydrogen-bond acceptors (Lipinski definition) is 3. The fourth-order valence-corrected chi connectivity index (χ4v) is 4.50. The van der Waals surface area contributed by atoms with E-state index in [1.54, 1.807) is 41.3 Å². The van der Waals surface area contributed by atoms with Gasteiger partial charge >= 0.3 is 0 Å². The molecule has 1 fully saturated rings. The number of amides is 3. The van der Waals surface area contributed by atoms with E-state index in [4.69, 9.17) is 11.6 Å². The number of hydrogen-bond donors (Lipinski definition) is 0. The largest absolute Gasteiger partial charge is 0.326 e. The maximum absolute atomic E-state index is 13.5. The summed E-state index contributed by atoms with van der Waals surface area (Å²) in [5, 5.41) is 0.529. The average Bonchev–Trinajstić information content (AvgIpc) is 3.09. The second-order valence-corrected chi connectivity index (χ2v) is 8.92. The zero-order chi connectivity index (χ0) is 22.7. The highest BCUT2D eigenvalue weighted by atomic mass is 35.5. The number of carbonyl (C=O) groups excluding carboxylic acids is 3. The predicted molar refractivity (Wildman–Crippen MR) is 126 cm³/mol. The van der Waals surface area contributed by atoms with Crippen LogP contribution < -0.4 is 4.90 Å². The van der Waals surface area contributed by atoms with Crippen molar-refractivity contribution in [3.8, 4) is 0 Å². The number of benzene rings is 2. The normalized spacial score (nSPS) is 18.6. The molecule has 0 bridgehead atoms. The molecule has 5 nitrogen and oxygen atoms in total. The van der Waals surface area contributed by atoms with Gasteiger partial charge in [-0.3, -0.25) is 14.4 Å². The summed E-state index contributed by atoms with van der Waals surface area (Å²) in [5.74, 6) is -0.887. The minimum Gasteiger partial charge on any atom is -0.326 e. The van der Waals surface area contributed by atoms with E-state index >= 15 is 0 Å². The fourth-order valence-electron chi connectivity index (χ4n) is 4.38. The van der Waals surface area contributed by atoms with Crippen molar-refractivity contribution in [2.24, 2.45) is 0 Å². The number of imide groups is 1. The zero-order valence-electron chi connectivity index (χ0n) is 18.2. The molecule has 0 saturated carbocycles. The van der Waals surface area contributed by atoms with Gasteiger partial charge in [-0.2, -0.15) is 0 Å². The van der Waals surface area contributed by atoms with Gasteiger partial charge in [-0.1, -0.05) is 40.9 Å². The van der Waals surface area contributed by atoms with Crippen LogP contribution in [0.25, 0.3) is 0 Å². The third-order valence-corrected chi connectivity index (χ3v) is 6.45. The Morgan fingerprint density at radius 2 is 1.78 bits per heavy atom. The molecule has 1 atom stereocenters. The molecule has 1 aliphatic heterocycles. The van der Waals surface area contributed by atoms with Gasteiger partial charge in [0.1, 0.15) is 6.04 Å². The molecule has 1 heterocycles. The highest BCUT2D eigenvalue weighted by Gasteiger charge is 2.44. The Morgan fingerprint density at radius 1 is 1.06 bits per heavy atom. The number of nitrogens with zero attached hydrogens (tertiary/aromatic N) is 2. The number of carbonyl (C=O) groups is 3. The van der Waals surface area contributed by atoms with Gasteiger partial charge in [0.05, 0.1) is 12.1 Å². The molecule has 0 aromatic heterocycles. The van der Waals surface area contributed by atoms with Gasteiger partial charge in [-0.05, 0) is 75.4 Å². The number of rotatable bonds is 6. The molecular weight excluding hydrogens is 424 g/mol. The Balaban J connectivity index is 1.60. The number of anilines is 1. The van der Waals surface area contributed by atoms with Crippen LogP contribution in [0.3, 0.4) is 0 Å². The lowest BCUT2D eigenvalue weighted by Gasteiger charge is -2.28. The lowest BCUT2D eigenvalue weighted by molar-refractivity contribution is -0.122. The first-order chi connectivity index (χ1) is 15.4. The van der Waals surface area contributed by atoms with E-state index in [9.17, 15) is 14.4 Å². The van der Waals surface area contributed by atoms with Crippen LogP contribution in [0.2, 0.25) is 5.02 Å². The molecule has 0 spiro atoms. The molecule has 32 heavy (non-hydrogen) atoms. The molecule has 6 heteroatoms. The topological polar surface area (TPSA) is 57.7 Å². The van der Waals surface area contributed by atoms with Crippen molar-refractivity contribution in [3.63, 3.8) is 0 Å². The van der Waals surface area contributed by atoms with Gasteiger partial charge < -0.3 is 4.90 Å². The molecule has 2 aromatic rings. The Morgan fingerprint density at radius 3 is 2.44 bits per heavy atom. The van der Waals surface area contributed by atoms with Gasteiger partial charge in [0, 0.05) is 17.1 Å². The van der Waals surface area contributed by atoms with Crippen molar-refractivity contribution < 1.29 is 14.4 Å². The van der Waals surface area contributed by atoms with Crippen molar-refractivity contribution in [3.05, 3.63) is 76.3 Å². The molecule has 0 radical (unpaired) electrons. The molecule has 3 amide bonds. The van der Waals surface area contributed by atoms with Gasteiger partial charge in [0.25, 0.3) is 11.8 Å². The Kier molecular flexibility index (Phi) is 6.75. The van der Waals surface area contributed by atoms with Crippen LogP contribution in [-0.4, -0.2) is 35.2 Å². The Hall–Kier alpha value is -2.92. The second-order valence-electron chi connectivity index (χ2n) is 8.49. The molecule has 2 aromatic carbocycles. The lowest BCUT2D eigenvalue weighted by atomic mass is 9.96. The molecule has 1 unspecified atom stereocenters. The average molecular weight is 451 g/mol. The monoisotopic (exact) mass is 450 g/mol. The summed E-state index contributed by atoms with van der Waals surface area (Å²) in [4.78, 5) is 42.4. The Labute approximate surface area is 193 Å². The first-order valence-corrected chi connectivity index (χ1v) is 11.5. The first-order valence-electron chi connectivity index (χ1n) is 11.1. The predicted octanol–water partition coefficient (Wildman–Crippen LogP) is 5.31. The summed E-state index contributed by atoms with van der Waals surface area (Å²) < 4.78 is 0. The molecular formula is C26H27ClN2O3. The summed E-state index contributed by atoms with van der Waals surface area (Å²) >= 11 is 5.96. The van der Waals surface area contributed by atoms with Crippen molar-refractivity contribution >= 4 is 35.0 Å². The van der Waals surface area contributed by atoms with Gasteiger partial charge in [-0.25, -0.2) is 4.90 Å². The van der Waals surface area contributed by atoms with E-state index in [0.717, 1.165) is 31.2 Å². The van der Waals surface area contributed by atoms with Crippen molar-refractivity contribution in [2.45, 2.75) is 51.5 Å². The van der Waals surface area contributed by atoms with E-state index in [1.165, 1.54) is 16.9 Å². The van der Waals surface area contributed by atoms with Crippen molar-refractivity contribution in [1.29, 1.82) is 0 Å². The number of allylic oxidation sites excluding steroid dienone is 1. The van der Waals surface area contributed by atoms with Crippen molar-refractivity contribution in [2.75, 3.05) is 11.4 Å². The van der Waals surface area contributed by atoms with Crippen LogP contribution in [0.1, 0.15) is 54.4 Å². The van der Waals surface area contributed by atoms with Crippen LogP contribution in [0.5, 0.6) is 0 Å². The van der Waals surface area contributed by atoms with E-state index < -0.39 is 6.04 Å². The third kappa shape index (κ3) is 4.78. The van der Waals surface area contributed by atoms with E-state index in [-0.39, 0.29) is 24.1 Å². The first kappa shape index (κ1) is 22.3. The summed E-state index contributed by atoms with van der Waals surface area (Å²) in [6.45, 7) is 2.38. The molecule has 2 aliphatic rings. The summed E-state index contributed by atoms with van der Waals surface area (Å²) in [7, 11) is 0. The third-order valence-electron chi connectivity index (χ3n) is 6.20. The summed E-state index contributed by atoms with van der Waals surface area (Å²) in [5.41, 5.74) is 3.38. The highest BCUT2D eigenvalue weighted by Crippen LogP contribution is 2.29. The van der Waals surface area contributed by atoms with Crippen molar-refractivity contribution in [1.82, 2.24) is 4.90 Å². The van der Waals surface area contributed by atoms with Gasteiger partial charge in [-0.15, -0.1) is 0 Å². The summed E-state index contributed by atoms with van der Waals surface area (Å²) in [6, 6.07) is 13.1. The Bertz CT molecular complexity index is 1040. The quantitative estimate of drug-likeness (QED) is 0.442. The van der Waals surface area contributed by atoms with Crippen LogP contribution in [-0.2, 0) is 9.59 Å². The number of halogens is 1. The van der Waals surface area contributed by atoms with Crippen LogP contribution >= 0.6 is 11.6 Å². The van der Waals surface area contributed by atoms with Crippen LogP contribution in [0, 0.1) is 6.92 Å². The van der Waals surface area contributed by atoms with E-state index in [2.05, 4.69) is 6.08 Å². The second kappa shape index (κ2) is 9.70. The molecule has 4 rings (SSSR count). The summed E-state index contributed by atoms with van der Waals surface area (Å²) in [6.07, 6.45) is 7.39. The van der Waals surface area contributed by atoms with E-state index in [1.807, 2.05) is 19.1 Å². The molecule has 0 N–H and O–H groups in total. The smallest absolute Gasteiger partial charge is 0.257 e. The van der Waals surface area contributed by atoms with E-state index in [0.29, 0.717) is 22.8 Å². The maximum Gasteiger partial charge on any atom is 0.257 e. The molecule has 166 valence electrons. The minimum atomic E-state index is -0.809. The number of aryl methyl sites for hydroxylation is 1. The lowest BCUT2D eigenvalue weighted by Crippen LogP contribution is -2.46. The minimum absolute atomic E-state index is 0.0158. The zero-order valence-corrected chi connectivity index (χ0v) is 19.0. The van der Waals surface area contributed by atoms with Gasteiger partial charge in [0.15, 0.2) is 0 Å². The fraction of sp³-hybridized carbons (Fsp3) is 0.346. The van der Waals surface area contributed by atoms with Gasteiger partial charge in [0.2, 0.25) is 5.91 Å².